The number of nitrogens with one attached hydrogen (secondary N) is 2. The molecule has 7 aromatic rings. The highest BCUT2D eigenvalue weighted by Crippen LogP contribution is 2.46. The minimum absolute atomic E-state index is 0.0209. The number of anilines is 1. The number of hydrogen-bond donors (Lipinski definition) is 4. The Labute approximate surface area is 435 Å². The van der Waals surface area contributed by atoms with Crippen LogP contribution in [0.5, 0.6) is 0 Å². The van der Waals surface area contributed by atoms with Gasteiger partial charge >= 0.3 is 13.0 Å². The van der Waals surface area contributed by atoms with E-state index in [4.69, 9.17) is 31.9 Å². The lowest BCUT2D eigenvalue weighted by Gasteiger charge is -2.50. The molecule has 0 radical (unpaired) electrons. The normalized spacial score (nSPS) is 15.7. The van der Waals surface area contributed by atoms with Crippen LogP contribution < -0.4 is 16.3 Å². The largest absolute Gasteiger partial charge is 0.448 e. The van der Waals surface area contributed by atoms with Crippen LogP contribution in [0.3, 0.4) is 0 Å². The van der Waals surface area contributed by atoms with Gasteiger partial charge in [-0.05, 0) is 49.5 Å². The fourth-order valence-electron chi connectivity index (χ4n) is 8.79. The van der Waals surface area contributed by atoms with E-state index in [1.54, 1.807) is 24.8 Å². The van der Waals surface area contributed by atoms with Crippen molar-refractivity contribution >= 4 is 82.1 Å². The Morgan fingerprint density at radius 1 is 0.889 bits per heavy atom. The molecule has 4 heterocycles. The third-order valence-corrected chi connectivity index (χ3v) is 15.5. The number of rotatable bonds is 20. The van der Waals surface area contributed by atoms with E-state index in [-0.39, 0.29) is 26.6 Å². The molecule has 0 bridgehead atoms. The summed E-state index contributed by atoms with van der Waals surface area (Å²) in [5.74, 6) is -0.685. The lowest BCUT2D eigenvalue weighted by Crippen LogP contribution is -2.72. The minimum atomic E-state index is -1.37. The standard InChI is InChI=1S/C54H49BClN7O6S3/c1-55(67)59-32-33-70-34-40-42(28-17-31-58-40)71-43-30-29-41-44(51(65)63(41)47(43)52(66)68-48(35-18-7-2-8-19-35)36-20-9-3-10-21-36)60-50(64)46(45-49(56)72-53(57)61-45)62-69-54(37-22-11-4-12-23-37,38-24-13-5-14-25-38)39-26-15-6-16-27-39/h2-28,31,41,44,48,59,67H,29-30,32-34H2,1H3,(H2,57,61)(H,60,64)/t41?,44-/m0/s1. The molecule has 13 nitrogen and oxygen atoms in total. The van der Waals surface area contributed by atoms with Crippen molar-refractivity contribution in [2.75, 3.05) is 18.0 Å². The number of halogens is 1. The van der Waals surface area contributed by atoms with E-state index in [9.17, 15) is 19.4 Å². The molecule has 2 aliphatic heterocycles. The number of benzene rings is 5. The monoisotopic (exact) mass is 1030 g/mol. The number of fused-ring (bicyclic) bond motifs is 1. The first-order valence-electron chi connectivity index (χ1n) is 23.3. The van der Waals surface area contributed by atoms with Crippen LogP contribution in [0.4, 0.5) is 5.13 Å². The van der Waals surface area contributed by atoms with E-state index in [0.717, 1.165) is 55.5 Å². The second-order valence-corrected chi connectivity index (χ2v) is 20.7. The number of β-lactam (4-membered cyclic amide) rings is 1. The maximum atomic E-state index is 15.0. The summed E-state index contributed by atoms with van der Waals surface area (Å²) >= 11 is 10.8. The van der Waals surface area contributed by atoms with Crippen LogP contribution >= 0.6 is 46.5 Å². The van der Waals surface area contributed by atoms with Gasteiger partial charge in [-0.3, -0.25) is 19.5 Å². The third-order valence-electron chi connectivity index (χ3n) is 12.2. The zero-order valence-corrected chi connectivity index (χ0v) is 42.2. The Balaban J connectivity index is 1.06. The number of nitrogens with zero attached hydrogens (tertiary/aromatic N) is 4. The molecular weight excluding hydrogens is 985 g/mol. The van der Waals surface area contributed by atoms with Crippen LogP contribution in [0.15, 0.2) is 191 Å². The van der Waals surface area contributed by atoms with Crippen molar-refractivity contribution in [3.63, 3.8) is 0 Å². The molecule has 2 aliphatic rings. The van der Waals surface area contributed by atoms with Crippen molar-refractivity contribution < 1.29 is 29.0 Å². The number of amides is 2. The number of ether oxygens (including phenoxy) is 1. The number of esters is 1. The number of oxime groups is 1. The third kappa shape index (κ3) is 11.0. The zero-order chi connectivity index (χ0) is 50.0. The molecule has 0 saturated carbocycles. The highest BCUT2D eigenvalue weighted by Gasteiger charge is 2.54. The van der Waals surface area contributed by atoms with Gasteiger partial charge in [0.1, 0.15) is 21.8 Å². The molecule has 364 valence electrons. The van der Waals surface area contributed by atoms with Crippen LogP contribution in [0, 0.1) is 0 Å². The van der Waals surface area contributed by atoms with Crippen molar-refractivity contribution in [1.82, 2.24) is 25.4 Å². The first-order valence-corrected chi connectivity index (χ1v) is 26.4. The van der Waals surface area contributed by atoms with Crippen molar-refractivity contribution in [2.24, 2.45) is 5.16 Å². The van der Waals surface area contributed by atoms with Crippen LogP contribution in [-0.4, -0.2) is 74.8 Å². The molecule has 1 unspecified atom stereocenters. The second kappa shape index (κ2) is 23.2. The smallest absolute Gasteiger partial charge is 0.373 e. The SMILES string of the molecule is CB(O)NCCSCc1ncccc1SC1=C(C(=O)OC(c2ccccc2)c2ccccc2)N2C(=O)[C@@H](NC(=O)C(=NOC(c3ccccc3)(c3ccccc3)c3ccccc3)c3nc(N)sc3Cl)C2CC1. The topological polar surface area (TPSA) is 181 Å². The molecule has 1 fully saturated rings. The number of carbonyl (C=O) groups excluding carboxylic acids is 3. The van der Waals surface area contributed by atoms with Crippen LogP contribution in [0.2, 0.25) is 11.2 Å². The average molecular weight is 1030 g/mol. The van der Waals surface area contributed by atoms with E-state index < -0.39 is 48.6 Å². The molecule has 2 atom stereocenters. The summed E-state index contributed by atoms with van der Waals surface area (Å²) in [5, 5.41) is 20.3. The minimum Gasteiger partial charge on any atom is -0.448 e. The van der Waals surface area contributed by atoms with Gasteiger partial charge in [-0.1, -0.05) is 192 Å². The summed E-state index contributed by atoms with van der Waals surface area (Å²) < 4.78 is 6.56. The summed E-state index contributed by atoms with van der Waals surface area (Å²) in [7, 11) is -0.614. The first-order chi connectivity index (χ1) is 35.1. The zero-order valence-electron chi connectivity index (χ0n) is 39.0. The Morgan fingerprint density at radius 2 is 1.46 bits per heavy atom. The van der Waals surface area contributed by atoms with Gasteiger partial charge in [-0.25, -0.2) is 9.78 Å². The van der Waals surface area contributed by atoms with Crippen molar-refractivity contribution in [2.45, 2.75) is 54.1 Å². The summed E-state index contributed by atoms with van der Waals surface area (Å²) in [5.41, 5.74) is 9.06. The number of hydrogen-bond acceptors (Lipinski definition) is 14. The molecule has 18 heteroatoms. The highest BCUT2D eigenvalue weighted by molar-refractivity contribution is 8.03. The maximum Gasteiger partial charge on any atom is 0.373 e. The Bertz CT molecular complexity index is 2930. The fraction of sp³-hybridized carbons (Fsp3) is 0.185. The van der Waals surface area contributed by atoms with Gasteiger partial charge in [0, 0.05) is 44.2 Å². The molecule has 72 heavy (non-hydrogen) atoms. The Hall–Kier alpha value is -6.73. The number of nitrogen functional groups attached to an aromatic ring is 1. The molecule has 2 amide bonds. The Morgan fingerprint density at radius 3 is 2.00 bits per heavy atom. The van der Waals surface area contributed by atoms with E-state index in [1.807, 2.05) is 164 Å². The first kappa shape index (κ1) is 50.2. The fourth-order valence-corrected chi connectivity index (χ4v) is 11.8. The molecule has 0 spiro atoms. The van der Waals surface area contributed by atoms with E-state index >= 15 is 0 Å². The quantitative estimate of drug-likeness (QED) is 0.0108. The predicted octanol–water partition coefficient (Wildman–Crippen LogP) is 9.25. The molecule has 5 aromatic carbocycles. The molecular formula is C54H49BClN7O6S3. The second-order valence-electron chi connectivity index (χ2n) is 16.9. The molecule has 0 aliphatic carbocycles. The van der Waals surface area contributed by atoms with Crippen LogP contribution in [0.1, 0.15) is 58.2 Å². The van der Waals surface area contributed by atoms with Gasteiger partial charge < -0.3 is 30.9 Å². The van der Waals surface area contributed by atoms with Crippen molar-refractivity contribution in [1.29, 1.82) is 0 Å². The van der Waals surface area contributed by atoms with Gasteiger partial charge in [0.05, 0.1) is 11.7 Å². The number of allylic oxidation sites excluding steroid dienone is 1. The number of thiazole rings is 1. The maximum absolute atomic E-state index is 15.0. The van der Waals surface area contributed by atoms with Crippen LogP contribution in [0.25, 0.3) is 0 Å². The van der Waals surface area contributed by atoms with Gasteiger partial charge in [-0.15, -0.1) is 0 Å². The lowest BCUT2D eigenvalue weighted by molar-refractivity contribution is -0.158. The van der Waals surface area contributed by atoms with Crippen molar-refractivity contribution in [3.05, 3.63) is 224 Å². The summed E-state index contributed by atoms with van der Waals surface area (Å²) in [4.78, 5) is 63.4. The summed E-state index contributed by atoms with van der Waals surface area (Å²) in [6, 6.07) is 49.6. The molecule has 1 saturated heterocycles. The number of aromatic nitrogens is 2. The van der Waals surface area contributed by atoms with Gasteiger partial charge in [0.15, 0.2) is 16.9 Å². The van der Waals surface area contributed by atoms with E-state index in [1.165, 1.54) is 16.7 Å². The molecule has 5 N–H and O–H groups in total. The molecule has 9 rings (SSSR count). The Kier molecular flexibility index (Phi) is 16.2. The van der Waals surface area contributed by atoms with E-state index in [0.29, 0.717) is 30.0 Å². The van der Waals surface area contributed by atoms with Gasteiger partial charge in [-0.2, -0.15) is 11.8 Å². The van der Waals surface area contributed by atoms with Crippen LogP contribution in [-0.2, 0) is 35.3 Å². The summed E-state index contributed by atoms with van der Waals surface area (Å²) in [6.07, 6.45) is 1.71. The van der Waals surface area contributed by atoms with Crippen molar-refractivity contribution in [3.8, 4) is 0 Å². The lowest BCUT2D eigenvalue weighted by atomic mass is 9.80. The summed E-state index contributed by atoms with van der Waals surface area (Å²) in [6.45, 7) is 2.29. The number of pyridine rings is 1. The van der Waals surface area contributed by atoms with Gasteiger partial charge in [0.2, 0.25) is 5.60 Å². The number of carbonyl (C=O) groups is 3. The highest BCUT2D eigenvalue weighted by atomic mass is 35.5. The number of thioether (sulfide) groups is 2. The molecule has 2 aromatic heterocycles. The van der Waals surface area contributed by atoms with Gasteiger partial charge in [0.25, 0.3) is 11.8 Å². The van der Waals surface area contributed by atoms with E-state index in [2.05, 4.69) is 20.7 Å². The number of nitrogens with two attached hydrogens (primary N) is 1. The average Bonchev–Trinajstić information content (AvgIpc) is 3.75. The predicted molar refractivity (Wildman–Crippen MR) is 286 cm³/mol.